The summed E-state index contributed by atoms with van der Waals surface area (Å²) < 4.78 is 6.70. The molecular weight excluding hydrogens is 294 g/mol. The maximum absolute atomic E-state index is 5.78. The molecule has 2 rings (SSSR count). The Labute approximate surface area is 114 Å². The highest BCUT2D eigenvalue weighted by atomic mass is 79.9. The lowest BCUT2D eigenvalue weighted by molar-refractivity contribution is 0.291. The SMILES string of the molecule is NCCc1cccc(Br)c1OCc1ncccn1. The molecule has 0 aliphatic rings. The summed E-state index contributed by atoms with van der Waals surface area (Å²) in [6, 6.07) is 7.71. The van der Waals surface area contributed by atoms with Crippen molar-refractivity contribution < 1.29 is 4.74 Å². The number of hydrogen-bond acceptors (Lipinski definition) is 4. The van der Waals surface area contributed by atoms with Gasteiger partial charge < -0.3 is 10.5 Å². The van der Waals surface area contributed by atoms with Crippen molar-refractivity contribution >= 4 is 15.9 Å². The van der Waals surface area contributed by atoms with Gasteiger partial charge in [0.2, 0.25) is 0 Å². The smallest absolute Gasteiger partial charge is 0.166 e. The highest BCUT2D eigenvalue weighted by molar-refractivity contribution is 9.10. The Morgan fingerprint density at radius 3 is 2.67 bits per heavy atom. The van der Waals surface area contributed by atoms with Crippen LogP contribution in [0.3, 0.4) is 0 Å². The molecule has 4 nitrogen and oxygen atoms in total. The fourth-order valence-corrected chi connectivity index (χ4v) is 2.13. The van der Waals surface area contributed by atoms with E-state index in [-0.39, 0.29) is 0 Å². The Kier molecular flexibility index (Phi) is 4.66. The van der Waals surface area contributed by atoms with Crippen molar-refractivity contribution in [3.8, 4) is 5.75 Å². The summed E-state index contributed by atoms with van der Waals surface area (Å²) in [4.78, 5) is 8.25. The monoisotopic (exact) mass is 307 g/mol. The quantitative estimate of drug-likeness (QED) is 0.921. The highest BCUT2D eigenvalue weighted by Gasteiger charge is 2.08. The van der Waals surface area contributed by atoms with Crippen LogP contribution in [0.5, 0.6) is 5.75 Å². The Balaban J connectivity index is 2.13. The van der Waals surface area contributed by atoms with E-state index in [4.69, 9.17) is 10.5 Å². The molecule has 0 saturated heterocycles. The van der Waals surface area contributed by atoms with E-state index in [0.29, 0.717) is 19.0 Å². The van der Waals surface area contributed by atoms with E-state index in [1.807, 2.05) is 18.2 Å². The van der Waals surface area contributed by atoms with Gasteiger partial charge in [0, 0.05) is 12.4 Å². The van der Waals surface area contributed by atoms with Crippen LogP contribution in [-0.2, 0) is 13.0 Å². The zero-order chi connectivity index (χ0) is 12.8. The molecule has 1 heterocycles. The van der Waals surface area contributed by atoms with Crippen molar-refractivity contribution in [1.82, 2.24) is 9.97 Å². The predicted octanol–water partition coefficient (Wildman–Crippen LogP) is 2.32. The van der Waals surface area contributed by atoms with E-state index < -0.39 is 0 Å². The minimum atomic E-state index is 0.348. The summed E-state index contributed by atoms with van der Waals surface area (Å²) in [5.41, 5.74) is 6.68. The molecule has 0 amide bonds. The van der Waals surface area contributed by atoms with Crippen LogP contribution in [0.4, 0.5) is 0 Å². The molecule has 0 unspecified atom stereocenters. The zero-order valence-electron chi connectivity index (χ0n) is 9.84. The second-order valence-corrected chi connectivity index (χ2v) is 4.57. The molecule has 2 aromatic rings. The largest absolute Gasteiger partial charge is 0.484 e. The number of aromatic nitrogens is 2. The zero-order valence-corrected chi connectivity index (χ0v) is 11.4. The maximum Gasteiger partial charge on any atom is 0.166 e. The van der Waals surface area contributed by atoms with Crippen LogP contribution >= 0.6 is 15.9 Å². The van der Waals surface area contributed by atoms with Crippen LogP contribution in [0, 0.1) is 0 Å². The Morgan fingerprint density at radius 2 is 1.94 bits per heavy atom. The molecule has 5 heteroatoms. The van der Waals surface area contributed by atoms with Gasteiger partial charge in [-0.2, -0.15) is 0 Å². The molecule has 0 saturated carbocycles. The van der Waals surface area contributed by atoms with Crippen molar-refractivity contribution in [3.63, 3.8) is 0 Å². The van der Waals surface area contributed by atoms with Crippen molar-refractivity contribution in [1.29, 1.82) is 0 Å². The number of ether oxygens (including phenoxy) is 1. The van der Waals surface area contributed by atoms with E-state index in [9.17, 15) is 0 Å². The first kappa shape index (κ1) is 13.0. The molecule has 0 atom stereocenters. The van der Waals surface area contributed by atoms with Gasteiger partial charge in [-0.25, -0.2) is 9.97 Å². The average Bonchev–Trinajstić information content (AvgIpc) is 2.40. The number of rotatable bonds is 5. The first-order chi connectivity index (χ1) is 8.81. The van der Waals surface area contributed by atoms with Crippen LogP contribution in [0.2, 0.25) is 0 Å². The summed E-state index contributed by atoms with van der Waals surface area (Å²) in [5.74, 6) is 1.47. The summed E-state index contributed by atoms with van der Waals surface area (Å²) in [6.07, 6.45) is 4.18. The lowest BCUT2D eigenvalue weighted by Gasteiger charge is -2.12. The van der Waals surface area contributed by atoms with Crippen LogP contribution in [0.1, 0.15) is 11.4 Å². The lowest BCUT2D eigenvalue weighted by atomic mass is 10.1. The van der Waals surface area contributed by atoms with E-state index in [0.717, 1.165) is 22.2 Å². The first-order valence-electron chi connectivity index (χ1n) is 5.67. The van der Waals surface area contributed by atoms with Crippen LogP contribution in [0.25, 0.3) is 0 Å². The number of nitrogens with two attached hydrogens (primary N) is 1. The molecule has 18 heavy (non-hydrogen) atoms. The molecule has 0 bridgehead atoms. The molecule has 0 fully saturated rings. The fourth-order valence-electron chi connectivity index (χ4n) is 1.61. The first-order valence-corrected chi connectivity index (χ1v) is 6.46. The summed E-state index contributed by atoms with van der Waals surface area (Å²) in [5, 5.41) is 0. The Morgan fingerprint density at radius 1 is 1.17 bits per heavy atom. The van der Waals surface area contributed by atoms with Gasteiger partial charge in [-0.05, 0) is 46.6 Å². The van der Waals surface area contributed by atoms with Crippen LogP contribution in [-0.4, -0.2) is 16.5 Å². The van der Waals surface area contributed by atoms with Crippen molar-refractivity contribution in [2.75, 3.05) is 6.54 Å². The number of nitrogens with zero attached hydrogens (tertiary/aromatic N) is 2. The molecule has 1 aromatic carbocycles. The van der Waals surface area contributed by atoms with Gasteiger partial charge in [-0.15, -0.1) is 0 Å². The number of para-hydroxylation sites is 1. The number of hydrogen-bond donors (Lipinski definition) is 1. The normalized spacial score (nSPS) is 10.3. The van der Waals surface area contributed by atoms with Gasteiger partial charge in [0.25, 0.3) is 0 Å². The highest BCUT2D eigenvalue weighted by Crippen LogP contribution is 2.29. The molecule has 0 spiro atoms. The van der Waals surface area contributed by atoms with E-state index in [2.05, 4.69) is 25.9 Å². The maximum atomic E-state index is 5.78. The second-order valence-electron chi connectivity index (χ2n) is 3.72. The predicted molar refractivity (Wildman–Crippen MR) is 73.3 cm³/mol. The molecule has 0 radical (unpaired) electrons. The third-order valence-corrected chi connectivity index (χ3v) is 3.05. The summed E-state index contributed by atoms with van der Waals surface area (Å²) in [7, 11) is 0. The van der Waals surface area contributed by atoms with Gasteiger partial charge in [0.05, 0.1) is 4.47 Å². The third-order valence-electron chi connectivity index (χ3n) is 2.43. The van der Waals surface area contributed by atoms with Gasteiger partial charge in [-0.3, -0.25) is 0 Å². The lowest BCUT2D eigenvalue weighted by Crippen LogP contribution is -2.07. The molecule has 2 N–H and O–H groups in total. The number of benzene rings is 1. The van der Waals surface area contributed by atoms with E-state index >= 15 is 0 Å². The third kappa shape index (κ3) is 3.27. The van der Waals surface area contributed by atoms with E-state index in [1.54, 1.807) is 18.5 Å². The second kappa shape index (κ2) is 6.47. The Hall–Kier alpha value is -1.46. The van der Waals surface area contributed by atoms with Crippen LogP contribution in [0.15, 0.2) is 41.1 Å². The molecule has 94 valence electrons. The summed E-state index contributed by atoms with van der Waals surface area (Å²) in [6.45, 7) is 0.940. The molecular formula is C13H14BrN3O. The molecule has 0 aliphatic heterocycles. The standard InChI is InChI=1S/C13H14BrN3O/c14-11-4-1-3-10(5-6-15)13(11)18-9-12-16-7-2-8-17-12/h1-4,7-8H,5-6,9,15H2. The number of halogens is 1. The van der Waals surface area contributed by atoms with Crippen LogP contribution < -0.4 is 10.5 Å². The average molecular weight is 308 g/mol. The van der Waals surface area contributed by atoms with Gasteiger partial charge >= 0.3 is 0 Å². The van der Waals surface area contributed by atoms with Crippen molar-refractivity contribution in [2.24, 2.45) is 5.73 Å². The Bertz CT molecular complexity index is 505. The molecule has 1 aromatic heterocycles. The molecule has 0 aliphatic carbocycles. The topological polar surface area (TPSA) is 61.0 Å². The minimum Gasteiger partial charge on any atom is -0.484 e. The van der Waals surface area contributed by atoms with Gasteiger partial charge in [0.15, 0.2) is 5.82 Å². The van der Waals surface area contributed by atoms with Crippen molar-refractivity contribution in [3.05, 3.63) is 52.5 Å². The van der Waals surface area contributed by atoms with Gasteiger partial charge in [-0.1, -0.05) is 12.1 Å². The van der Waals surface area contributed by atoms with E-state index in [1.165, 1.54) is 0 Å². The van der Waals surface area contributed by atoms with Crippen molar-refractivity contribution in [2.45, 2.75) is 13.0 Å². The minimum absolute atomic E-state index is 0.348. The summed E-state index contributed by atoms with van der Waals surface area (Å²) >= 11 is 3.48. The van der Waals surface area contributed by atoms with Gasteiger partial charge in [0.1, 0.15) is 12.4 Å². The fraction of sp³-hybridized carbons (Fsp3) is 0.231.